The van der Waals surface area contributed by atoms with Crippen LogP contribution < -0.4 is 9.47 Å². The summed E-state index contributed by atoms with van der Waals surface area (Å²) in [5, 5.41) is 5.80. The fourth-order valence-corrected chi connectivity index (χ4v) is 6.94. The number of nitrogens with zero attached hydrogens (tertiary/aromatic N) is 3. The number of amidine groups is 1. The van der Waals surface area contributed by atoms with Gasteiger partial charge < -0.3 is 28.5 Å². The summed E-state index contributed by atoms with van der Waals surface area (Å²) >= 11 is 0. The van der Waals surface area contributed by atoms with Crippen molar-refractivity contribution in [1.29, 1.82) is 0 Å². The molecule has 3 saturated heterocycles. The molecule has 2 aromatic carbocycles. The SMILES string of the molecule is COc1ccc(CN2C(c3cc4ccccc4o3)=NOC23C2CC4CC3CN(C4)C2)c(OC)c1. The highest BCUT2D eigenvalue weighted by Crippen LogP contribution is 2.55. The van der Waals surface area contributed by atoms with Crippen molar-refractivity contribution >= 4 is 16.8 Å². The van der Waals surface area contributed by atoms with Crippen LogP contribution in [0.2, 0.25) is 0 Å². The Morgan fingerprint density at radius 3 is 2.56 bits per heavy atom. The highest BCUT2D eigenvalue weighted by molar-refractivity contribution is 6.00. The topological polar surface area (TPSA) is 59.7 Å². The molecule has 7 nitrogen and oxygen atoms in total. The Kier molecular flexibility index (Phi) is 4.40. The predicted molar refractivity (Wildman–Crippen MR) is 128 cm³/mol. The van der Waals surface area contributed by atoms with Gasteiger partial charge in [0.2, 0.25) is 11.6 Å². The van der Waals surface area contributed by atoms with Crippen LogP contribution in [0.25, 0.3) is 11.0 Å². The molecule has 2 atom stereocenters. The van der Waals surface area contributed by atoms with Crippen molar-refractivity contribution in [3.05, 3.63) is 59.9 Å². The fraction of sp³-hybridized carbons (Fsp3) is 0.444. The lowest BCUT2D eigenvalue weighted by Gasteiger charge is -2.61. The Bertz CT molecular complexity index is 1220. The summed E-state index contributed by atoms with van der Waals surface area (Å²) in [6, 6.07) is 16.2. The number of furan rings is 1. The first-order valence-corrected chi connectivity index (χ1v) is 12.1. The molecule has 4 aliphatic heterocycles. The molecule has 5 aliphatic rings. The van der Waals surface area contributed by atoms with Gasteiger partial charge in [-0.15, -0.1) is 0 Å². The van der Waals surface area contributed by atoms with Crippen LogP contribution in [0, 0.1) is 17.8 Å². The van der Waals surface area contributed by atoms with Crippen LogP contribution >= 0.6 is 0 Å². The van der Waals surface area contributed by atoms with Crippen LogP contribution in [-0.4, -0.2) is 55.2 Å². The van der Waals surface area contributed by atoms with Gasteiger partial charge in [0.15, 0.2) is 5.76 Å². The maximum absolute atomic E-state index is 6.55. The molecular formula is C27H29N3O4. The van der Waals surface area contributed by atoms with Gasteiger partial charge in [-0.3, -0.25) is 0 Å². The van der Waals surface area contributed by atoms with Gasteiger partial charge in [-0.05, 0) is 43.0 Å². The monoisotopic (exact) mass is 459 g/mol. The molecule has 3 aromatic rings. The molecule has 4 bridgehead atoms. The van der Waals surface area contributed by atoms with Crippen molar-refractivity contribution < 1.29 is 18.7 Å². The molecule has 1 aliphatic carbocycles. The lowest BCUT2D eigenvalue weighted by Crippen LogP contribution is -2.71. The maximum Gasteiger partial charge on any atom is 0.219 e. The minimum Gasteiger partial charge on any atom is -0.497 e. The summed E-state index contributed by atoms with van der Waals surface area (Å²) in [5.41, 5.74) is 1.48. The van der Waals surface area contributed by atoms with E-state index in [0.29, 0.717) is 18.4 Å². The molecule has 2 unspecified atom stereocenters. The third kappa shape index (κ3) is 2.83. The normalized spacial score (nSPS) is 31.2. The summed E-state index contributed by atoms with van der Waals surface area (Å²) in [4.78, 5) is 11.5. The number of rotatable bonds is 5. The smallest absolute Gasteiger partial charge is 0.219 e. The molecule has 4 fully saturated rings. The van der Waals surface area contributed by atoms with Crippen molar-refractivity contribution in [3.8, 4) is 11.5 Å². The third-order valence-electron chi connectivity index (χ3n) is 8.30. The summed E-state index contributed by atoms with van der Waals surface area (Å²) < 4.78 is 17.5. The van der Waals surface area contributed by atoms with Crippen molar-refractivity contribution in [2.24, 2.45) is 22.9 Å². The van der Waals surface area contributed by atoms with E-state index in [0.717, 1.165) is 58.6 Å². The predicted octanol–water partition coefficient (Wildman–Crippen LogP) is 4.31. The van der Waals surface area contributed by atoms with E-state index in [-0.39, 0.29) is 0 Å². The molecule has 0 radical (unpaired) electrons. The average Bonchev–Trinajstić information content (AvgIpc) is 3.44. The summed E-state index contributed by atoms with van der Waals surface area (Å²) in [7, 11) is 3.38. The van der Waals surface area contributed by atoms with Crippen molar-refractivity contribution in [3.63, 3.8) is 0 Å². The first kappa shape index (κ1) is 20.2. The van der Waals surface area contributed by atoms with E-state index in [9.17, 15) is 0 Å². The minimum atomic E-state index is -0.452. The Morgan fingerprint density at radius 1 is 1.00 bits per heavy atom. The zero-order valence-electron chi connectivity index (χ0n) is 19.6. The molecule has 5 heterocycles. The molecule has 34 heavy (non-hydrogen) atoms. The largest absolute Gasteiger partial charge is 0.497 e. The fourth-order valence-electron chi connectivity index (χ4n) is 6.94. The van der Waals surface area contributed by atoms with Gasteiger partial charge in [0.1, 0.15) is 17.1 Å². The van der Waals surface area contributed by atoms with Crippen LogP contribution in [0.15, 0.2) is 58.1 Å². The molecule has 176 valence electrons. The lowest BCUT2D eigenvalue weighted by atomic mass is 9.62. The highest BCUT2D eigenvalue weighted by atomic mass is 16.7. The van der Waals surface area contributed by atoms with Crippen molar-refractivity contribution in [2.45, 2.75) is 25.1 Å². The van der Waals surface area contributed by atoms with E-state index in [1.54, 1.807) is 14.2 Å². The number of benzene rings is 2. The van der Waals surface area contributed by atoms with Gasteiger partial charge in [-0.25, -0.2) is 0 Å². The molecule has 1 spiro atoms. The standard InChI is InChI=1S/C27H29N3O4/c1-31-22-8-7-19(24(12-22)32-2)14-30-26(25-11-18-5-3-4-6-23(18)33-25)28-34-27(30)20-9-17-10-21(27)16-29(13-17)15-20/h3-8,11-12,17,20-21H,9-10,13-16H2,1-2H3. The Morgan fingerprint density at radius 2 is 1.82 bits per heavy atom. The second-order valence-electron chi connectivity index (χ2n) is 10.1. The quantitative estimate of drug-likeness (QED) is 0.567. The van der Waals surface area contributed by atoms with Crippen LogP contribution in [0.3, 0.4) is 0 Å². The van der Waals surface area contributed by atoms with Crippen molar-refractivity contribution in [2.75, 3.05) is 33.9 Å². The highest BCUT2D eigenvalue weighted by Gasteiger charge is 2.65. The van der Waals surface area contributed by atoms with Gasteiger partial charge in [0, 0.05) is 48.5 Å². The molecule has 0 N–H and O–H groups in total. The van der Waals surface area contributed by atoms with Crippen LogP contribution in [0.5, 0.6) is 11.5 Å². The molecule has 1 saturated carbocycles. The third-order valence-corrected chi connectivity index (χ3v) is 8.30. The summed E-state index contributed by atoms with van der Waals surface area (Å²) in [6.45, 7) is 3.98. The van der Waals surface area contributed by atoms with Gasteiger partial charge in [0.05, 0.1) is 20.8 Å². The van der Waals surface area contributed by atoms with Gasteiger partial charge >= 0.3 is 0 Å². The maximum atomic E-state index is 6.55. The second-order valence-corrected chi connectivity index (χ2v) is 10.1. The van der Waals surface area contributed by atoms with Gasteiger partial charge in [-0.1, -0.05) is 23.4 Å². The number of oxime groups is 1. The van der Waals surface area contributed by atoms with E-state index < -0.39 is 5.72 Å². The van der Waals surface area contributed by atoms with Crippen molar-refractivity contribution in [1.82, 2.24) is 9.80 Å². The first-order valence-electron chi connectivity index (χ1n) is 12.1. The first-order chi connectivity index (χ1) is 16.7. The van der Waals surface area contributed by atoms with Gasteiger partial charge in [0.25, 0.3) is 0 Å². The molecule has 7 heteroatoms. The van der Waals surface area contributed by atoms with E-state index in [1.165, 1.54) is 19.4 Å². The van der Waals surface area contributed by atoms with Crippen LogP contribution in [-0.2, 0) is 11.4 Å². The number of fused-ring (bicyclic) bond motifs is 1. The summed E-state index contributed by atoms with van der Waals surface area (Å²) in [6.07, 6.45) is 2.37. The summed E-state index contributed by atoms with van der Waals surface area (Å²) in [5.74, 6) is 4.69. The second kappa shape index (κ2) is 7.40. The van der Waals surface area contributed by atoms with Gasteiger partial charge in [-0.2, -0.15) is 0 Å². The van der Waals surface area contributed by atoms with E-state index >= 15 is 0 Å². The number of hydrogen-bond acceptors (Lipinski definition) is 7. The Balaban J connectivity index is 1.33. The molecule has 0 amide bonds. The Hall–Kier alpha value is -3.19. The van der Waals surface area contributed by atoms with E-state index in [2.05, 4.69) is 28.0 Å². The zero-order valence-corrected chi connectivity index (χ0v) is 19.6. The number of ether oxygens (including phenoxy) is 2. The van der Waals surface area contributed by atoms with E-state index in [4.69, 9.17) is 23.9 Å². The average molecular weight is 460 g/mol. The lowest BCUT2D eigenvalue weighted by molar-refractivity contribution is -0.252. The molecule has 8 rings (SSSR count). The van der Waals surface area contributed by atoms with E-state index in [1.807, 2.05) is 30.3 Å². The molecule has 1 aromatic heterocycles. The van der Waals surface area contributed by atoms with Crippen LogP contribution in [0.1, 0.15) is 24.2 Å². The van der Waals surface area contributed by atoms with Crippen LogP contribution in [0.4, 0.5) is 0 Å². The molecular weight excluding hydrogens is 430 g/mol. The minimum absolute atomic E-state index is 0.411. The zero-order chi connectivity index (χ0) is 22.9. The number of piperidine rings is 3. The number of hydrogen-bond donors (Lipinski definition) is 0. The Labute approximate surface area is 198 Å². The number of para-hydroxylation sites is 1. The number of methoxy groups -OCH3 is 2.